The summed E-state index contributed by atoms with van der Waals surface area (Å²) in [6.07, 6.45) is 0.385. The molecule has 0 unspecified atom stereocenters. The first-order chi connectivity index (χ1) is 21.3. The van der Waals surface area contributed by atoms with Crippen molar-refractivity contribution in [2.24, 2.45) is 10.8 Å². The molecule has 2 aliphatic heterocycles. The molecular formula is C32H36F2N6O4S. The van der Waals surface area contributed by atoms with Crippen LogP contribution in [0.4, 0.5) is 14.7 Å². The molecule has 2 fully saturated rings. The van der Waals surface area contributed by atoms with Crippen molar-refractivity contribution in [1.82, 2.24) is 19.8 Å². The first kappa shape index (κ1) is 32.2. The van der Waals surface area contributed by atoms with Crippen molar-refractivity contribution in [2.45, 2.75) is 59.5 Å². The highest BCUT2D eigenvalue weighted by atomic mass is 32.1. The molecule has 2 N–H and O–H groups in total. The van der Waals surface area contributed by atoms with Gasteiger partial charge in [-0.15, -0.1) is 11.3 Å². The van der Waals surface area contributed by atoms with Gasteiger partial charge in [0.2, 0.25) is 5.95 Å². The van der Waals surface area contributed by atoms with Crippen molar-refractivity contribution in [3.63, 3.8) is 0 Å². The highest BCUT2D eigenvalue weighted by Crippen LogP contribution is 2.32. The van der Waals surface area contributed by atoms with Crippen LogP contribution >= 0.6 is 11.3 Å². The third-order valence-electron chi connectivity index (χ3n) is 7.82. The minimum absolute atomic E-state index is 0.0650. The lowest BCUT2D eigenvalue weighted by atomic mass is 9.86. The Morgan fingerprint density at radius 2 is 1.98 bits per heavy atom. The third kappa shape index (κ3) is 7.23. The van der Waals surface area contributed by atoms with Crippen LogP contribution in [-0.4, -0.2) is 64.5 Å². The summed E-state index contributed by atoms with van der Waals surface area (Å²) < 4.78 is 33.4. The number of hydrogen-bond donors (Lipinski definition) is 2. The van der Waals surface area contributed by atoms with Gasteiger partial charge in [0.05, 0.1) is 40.0 Å². The van der Waals surface area contributed by atoms with Gasteiger partial charge < -0.3 is 19.5 Å². The van der Waals surface area contributed by atoms with Gasteiger partial charge in [-0.2, -0.15) is 5.26 Å². The second-order valence-electron chi connectivity index (χ2n) is 13.1. The van der Waals surface area contributed by atoms with E-state index in [1.54, 1.807) is 33.7 Å². The Morgan fingerprint density at radius 3 is 2.60 bits per heavy atom. The van der Waals surface area contributed by atoms with Crippen LogP contribution in [0.5, 0.6) is 0 Å². The van der Waals surface area contributed by atoms with Crippen LogP contribution < -0.4 is 10.6 Å². The quantitative estimate of drug-likeness (QED) is 0.234. The van der Waals surface area contributed by atoms with Crippen LogP contribution in [0.2, 0.25) is 0 Å². The van der Waals surface area contributed by atoms with Gasteiger partial charge in [-0.1, -0.05) is 33.8 Å². The fourth-order valence-corrected chi connectivity index (χ4v) is 6.17. The van der Waals surface area contributed by atoms with Gasteiger partial charge in [-0.3, -0.25) is 19.7 Å². The number of imidazole rings is 1. The molecule has 2 saturated heterocycles. The maximum atomic E-state index is 13.5. The molecule has 4 heterocycles. The Bertz CT molecular complexity index is 1700. The van der Waals surface area contributed by atoms with Crippen LogP contribution in [-0.2, 0) is 16.1 Å². The first-order valence-corrected chi connectivity index (χ1v) is 15.6. The normalized spacial score (nSPS) is 18.1. The number of fused-ring (bicyclic) bond motifs is 1. The van der Waals surface area contributed by atoms with Crippen molar-refractivity contribution < 1.29 is 27.9 Å². The van der Waals surface area contributed by atoms with Gasteiger partial charge in [0, 0.05) is 30.6 Å². The van der Waals surface area contributed by atoms with Crippen LogP contribution in [0.25, 0.3) is 11.0 Å². The summed E-state index contributed by atoms with van der Waals surface area (Å²) in [5, 5.41) is 15.5. The number of alkyl halides is 2. The molecular weight excluding hydrogens is 602 g/mol. The Morgan fingerprint density at radius 1 is 1.22 bits per heavy atom. The highest BCUT2D eigenvalue weighted by Gasteiger charge is 2.36. The average molecular weight is 639 g/mol. The van der Waals surface area contributed by atoms with E-state index in [2.05, 4.69) is 21.7 Å². The molecule has 10 nitrogen and oxygen atoms in total. The number of carbonyl (C=O) groups excluding carboxylic acids is 3. The Hall–Kier alpha value is -4.15. The Balaban J connectivity index is 1.46. The molecule has 1 atom stereocenters. The summed E-state index contributed by atoms with van der Waals surface area (Å²) in [6, 6.07) is 9.36. The predicted octanol–water partition coefficient (Wildman–Crippen LogP) is 5.54. The van der Waals surface area contributed by atoms with E-state index in [9.17, 15) is 28.4 Å². The maximum Gasteiger partial charge on any atom is 0.272 e. The van der Waals surface area contributed by atoms with Gasteiger partial charge in [-0.25, -0.2) is 13.8 Å². The van der Waals surface area contributed by atoms with Crippen molar-refractivity contribution in [3.8, 4) is 6.07 Å². The molecule has 1 aromatic carbocycles. The minimum Gasteiger partial charge on any atom is -0.379 e. The maximum absolute atomic E-state index is 13.5. The van der Waals surface area contributed by atoms with Gasteiger partial charge in [0.15, 0.2) is 0 Å². The van der Waals surface area contributed by atoms with E-state index in [4.69, 9.17) is 4.74 Å². The van der Waals surface area contributed by atoms with Gasteiger partial charge in [0.1, 0.15) is 11.6 Å². The lowest BCUT2D eigenvalue weighted by molar-refractivity contribution is -0.128. The van der Waals surface area contributed by atoms with Gasteiger partial charge >= 0.3 is 0 Å². The number of thiophene rings is 1. The van der Waals surface area contributed by atoms with Crippen molar-refractivity contribution >= 4 is 46.0 Å². The van der Waals surface area contributed by atoms with E-state index in [1.807, 2.05) is 27.7 Å². The topological polar surface area (TPSA) is 129 Å². The fraction of sp³-hybridized carbons (Fsp3) is 0.469. The molecule has 0 aliphatic carbocycles. The number of benzene rings is 1. The summed E-state index contributed by atoms with van der Waals surface area (Å²) in [5.74, 6) is -1.07. The van der Waals surface area contributed by atoms with E-state index in [0.29, 0.717) is 60.7 Å². The fourth-order valence-electron chi connectivity index (χ4n) is 5.41. The van der Waals surface area contributed by atoms with Crippen molar-refractivity contribution in [1.29, 1.82) is 5.26 Å². The molecule has 0 radical (unpaired) electrons. The first-order valence-electron chi connectivity index (χ1n) is 14.8. The predicted molar refractivity (Wildman–Crippen MR) is 166 cm³/mol. The number of halogens is 2. The largest absolute Gasteiger partial charge is 0.379 e. The number of likely N-dealkylation sites (tertiary alicyclic amines) is 1. The van der Waals surface area contributed by atoms with Crippen LogP contribution in [0.3, 0.4) is 0 Å². The Labute approximate surface area is 264 Å². The molecule has 0 spiro atoms. The van der Waals surface area contributed by atoms with Gasteiger partial charge in [-0.05, 0) is 48.6 Å². The summed E-state index contributed by atoms with van der Waals surface area (Å²) in [4.78, 5) is 45.8. The van der Waals surface area contributed by atoms with Crippen molar-refractivity contribution in [2.75, 3.05) is 31.6 Å². The minimum atomic E-state index is -2.69. The summed E-state index contributed by atoms with van der Waals surface area (Å²) in [7, 11) is 0. The average Bonchev–Trinajstić information content (AvgIpc) is 3.72. The van der Waals surface area contributed by atoms with E-state index in [1.165, 1.54) is 12.1 Å². The molecule has 3 aromatic rings. The van der Waals surface area contributed by atoms with Gasteiger partial charge in [0.25, 0.3) is 24.1 Å². The summed E-state index contributed by atoms with van der Waals surface area (Å²) in [5.41, 5.74) is 1.04. The van der Waals surface area contributed by atoms with E-state index < -0.39 is 12.3 Å². The second-order valence-corrected chi connectivity index (χ2v) is 14.2. The highest BCUT2D eigenvalue weighted by molar-refractivity contribution is 7.14. The standard InChI is InChI=1S/C32H36F2N6O4S/c1-31(2,3)16-36-27(41)19-7-8-23-22(12-19)37-30(38-28(42)25-10-9-24(45-25)26(33)34)40(23)15-21-6-5-11-39(21)29(43)20(14-35)13-32(4)17-44-18-32/h7-10,12-13,21,26H,5-6,11,15-18H2,1-4H3,(H,36,41)(H,37,38,42)/b20-13+/t21-/m0/s1. The third-order valence-corrected chi connectivity index (χ3v) is 8.91. The van der Waals surface area contributed by atoms with E-state index in [0.717, 1.165) is 6.42 Å². The summed E-state index contributed by atoms with van der Waals surface area (Å²) >= 11 is 0.698. The zero-order valence-corrected chi connectivity index (χ0v) is 26.5. The lowest BCUT2D eigenvalue weighted by Gasteiger charge is -2.35. The number of amides is 3. The molecule has 2 aromatic heterocycles. The van der Waals surface area contributed by atoms with Crippen LogP contribution in [0.15, 0.2) is 42.0 Å². The number of anilines is 1. The molecule has 2 aliphatic rings. The monoisotopic (exact) mass is 638 g/mol. The Kier molecular flexibility index (Phi) is 9.09. The number of rotatable bonds is 9. The number of hydrogen-bond acceptors (Lipinski definition) is 7. The number of ether oxygens (including phenoxy) is 1. The number of carbonyl (C=O) groups is 3. The summed E-state index contributed by atoms with van der Waals surface area (Å²) in [6.45, 7) is 10.0. The number of nitrogens with one attached hydrogen (secondary N) is 2. The zero-order chi connectivity index (χ0) is 32.5. The molecule has 13 heteroatoms. The van der Waals surface area contributed by atoms with Crippen LogP contribution in [0, 0.1) is 22.2 Å². The molecule has 0 saturated carbocycles. The smallest absolute Gasteiger partial charge is 0.272 e. The molecule has 45 heavy (non-hydrogen) atoms. The lowest BCUT2D eigenvalue weighted by Crippen LogP contribution is -2.41. The number of aromatic nitrogens is 2. The van der Waals surface area contributed by atoms with Crippen LogP contribution in [0.1, 0.15) is 71.9 Å². The van der Waals surface area contributed by atoms with E-state index in [-0.39, 0.29) is 56.5 Å². The molecule has 3 amide bonds. The van der Waals surface area contributed by atoms with Crippen molar-refractivity contribution in [3.05, 3.63) is 57.3 Å². The molecule has 238 valence electrons. The molecule has 0 bridgehead atoms. The zero-order valence-electron chi connectivity index (χ0n) is 25.7. The number of nitrogens with zero attached hydrogens (tertiary/aromatic N) is 4. The van der Waals surface area contributed by atoms with E-state index >= 15 is 0 Å². The number of nitriles is 1. The SMILES string of the molecule is CC(C)(C)CNC(=O)c1ccc2c(c1)nc(NC(=O)c1ccc(C(F)F)s1)n2C[C@@H]1CCCN1C(=O)/C(C#N)=C/C1(C)COC1. The molecule has 5 rings (SSSR count). The second kappa shape index (κ2) is 12.7.